The van der Waals surface area contributed by atoms with Crippen LogP contribution in [0.1, 0.15) is 23.0 Å². The van der Waals surface area contributed by atoms with Crippen molar-refractivity contribution in [3.63, 3.8) is 0 Å². The number of amides is 1. The number of ketones is 1. The Hall–Kier alpha value is -3.52. The second-order valence-corrected chi connectivity index (χ2v) is 7.96. The lowest BCUT2D eigenvalue weighted by molar-refractivity contribution is -0.857. The highest BCUT2D eigenvalue weighted by atomic mass is 19.1. The Labute approximate surface area is 179 Å². The number of nitrogens with one attached hydrogen (secondary N) is 1. The minimum Gasteiger partial charge on any atom is -0.871 e. The molecule has 0 spiro atoms. The summed E-state index contributed by atoms with van der Waals surface area (Å²) in [6.45, 7) is 2.52. The van der Waals surface area contributed by atoms with Crippen LogP contribution in [0.4, 0.5) is 4.39 Å². The average molecular weight is 422 g/mol. The van der Waals surface area contributed by atoms with Gasteiger partial charge in [-0.1, -0.05) is 24.0 Å². The van der Waals surface area contributed by atoms with Crippen LogP contribution in [-0.2, 0) is 9.59 Å². The lowest BCUT2D eigenvalue weighted by Crippen LogP contribution is -3.06. The molecule has 1 fully saturated rings. The molecular formula is C23H23FN4O3. The van der Waals surface area contributed by atoms with Gasteiger partial charge < -0.3 is 19.3 Å². The Kier molecular flexibility index (Phi) is 5.32. The summed E-state index contributed by atoms with van der Waals surface area (Å²) in [5.41, 5.74) is 1.48. The summed E-state index contributed by atoms with van der Waals surface area (Å²) in [6.07, 6.45) is 1.69. The molecule has 8 heteroatoms. The molecule has 2 aromatic heterocycles. The molecule has 1 unspecified atom stereocenters. The SMILES string of the molecule is Cc1nc2ccccn2c1/C([O-])=C1\C(=O)C(=O)N(CC[NH+](C)C)C1c1cccc(F)c1. The number of quaternary nitrogens is 1. The maximum Gasteiger partial charge on any atom is 0.295 e. The number of benzene rings is 1. The standard InChI is InChI=1S/C23H23FN4O3/c1-14-19(27-10-5-4-9-17(27)25-14)21(29)18-20(15-7-6-8-16(24)13-15)28(12-11-26(2)3)23(31)22(18)30/h4-10,13,20,29H,11-12H2,1-3H3/b21-18+. The number of likely N-dealkylation sites (N-methyl/N-ethyl adjacent to an activating group) is 1. The molecule has 3 heterocycles. The fourth-order valence-corrected chi connectivity index (χ4v) is 3.98. The first-order valence-electron chi connectivity index (χ1n) is 10.0. The van der Waals surface area contributed by atoms with Crippen LogP contribution in [0.5, 0.6) is 0 Å². The van der Waals surface area contributed by atoms with Crippen molar-refractivity contribution in [1.82, 2.24) is 14.3 Å². The van der Waals surface area contributed by atoms with Crippen molar-refractivity contribution in [2.75, 3.05) is 27.2 Å². The zero-order valence-corrected chi connectivity index (χ0v) is 17.6. The Morgan fingerprint density at radius 1 is 1.19 bits per heavy atom. The molecule has 31 heavy (non-hydrogen) atoms. The molecule has 0 radical (unpaired) electrons. The van der Waals surface area contributed by atoms with Crippen LogP contribution in [0.25, 0.3) is 11.4 Å². The highest BCUT2D eigenvalue weighted by Crippen LogP contribution is 2.39. The van der Waals surface area contributed by atoms with E-state index in [1.54, 1.807) is 41.8 Å². The van der Waals surface area contributed by atoms with Gasteiger partial charge in [-0.05, 0) is 36.8 Å². The van der Waals surface area contributed by atoms with E-state index in [0.29, 0.717) is 23.4 Å². The van der Waals surface area contributed by atoms with Crippen LogP contribution in [0.15, 0.2) is 54.2 Å². The first kappa shape index (κ1) is 20.7. The maximum absolute atomic E-state index is 14.0. The van der Waals surface area contributed by atoms with Crippen LogP contribution in [-0.4, -0.2) is 53.2 Å². The Balaban J connectivity index is 1.93. The fourth-order valence-electron chi connectivity index (χ4n) is 3.98. The average Bonchev–Trinajstić information content (AvgIpc) is 3.19. The number of halogens is 1. The quantitative estimate of drug-likeness (QED) is 0.361. The summed E-state index contributed by atoms with van der Waals surface area (Å²) in [6, 6.07) is 10.1. The van der Waals surface area contributed by atoms with Crippen molar-refractivity contribution in [3.8, 4) is 0 Å². The molecule has 1 amide bonds. The van der Waals surface area contributed by atoms with Crippen LogP contribution >= 0.6 is 0 Å². The Bertz CT molecular complexity index is 1210. The molecule has 0 saturated carbocycles. The van der Waals surface area contributed by atoms with E-state index < -0.39 is 29.3 Å². The van der Waals surface area contributed by atoms with Gasteiger partial charge in [-0.2, -0.15) is 0 Å². The summed E-state index contributed by atoms with van der Waals surface area (Å²) in [5.74, 6) is -2.66. The van der Waals surface area contributed by atoms with E-state index >= 15 is 0 Å². The number of imidazole rings is 1. The molecule has 160 valence electrons. The molecule has 1 aliphatic rings. The van der Waals surface area contributed by atoms with Crippen molar-refractivity contribution in [3.05, 3.63) is 77.0 Å². The van der Waals surface area contributed by atoms with E-state index in [9.17, 15) is 19.1 Å². The summed E-state index contributed by atoms with van der Waals surface area (Å²) in [5, 5.41) is 13.7. The molecular weight excluding hydrogens is 399 g/mol. The molecule has 3 aromatic rings. The number of carbonyl (C=O) groups is 2. The smallest absolute Gasteiger partial charge is 0.295 e. The van der Waals surface area contributed by atoms with Gasteiger partial charge in [0.15, 0.2) is 0 Å². The highest BCUT2D eigenvalue weighted by molar-refractivity contribution is 6.46. The molecule has 1 aliphatic heterocycles. The molecule has 1 saturated heterocycles. The van der Waals surface area contributed by atoms with E-state index in [0.717, 1.165) is 4.90 Å². The van der Waals surface area contributed by atoms with E-state index in [2.05, 4.69) is 4.98 Å². The summed E-state index contributed by atoms with van der Waals surface area (Å²) in [4.78, 5) is 32.8. The number of rotatable bonds is 5. The van der Waals surface area contributed by atoms with Crippen LogP contribution < -0.4 is 10.0 Å². The minimum absolute atomic E-state index is 0.168. The first-order chi connectivity index (χ1) is 14.8. The Morgan fingerprint density at radius 2 is 1.97 bits per heavy atom. The minimum atomic E-state index is -0.948. The normalized spacial score (nSPS) is 18.5. The molecule has 1 atom stereocenters. The molecule has 0 aliphatic carbocycles. The molecule has 7 nitrogen and oxygen atoms in total. The number of carbonyl (C=O) groups excluding carboxylic acids is 2. The van der Waals surface area contributed by atoms with Gasteiger partial charge in [0.1, 0.15) is 11.5 Å². The van der Waals surface area contributed by atoms with E-state index in [-0.39, 0.29) is 17.8 Å². The van der Waals surface area contributed by atoms with Crippen molar-refractivity contribution in [2.24, 2.45) is 0 Å². The number of pyridine rings is 1. The van der Waals surface area contributed by atoms with Crippen molar-refractivity contribution in [1.29, 1.82) is 0 Å². The largest absolute Gasteiger partial charge is 0.871 e. The van der Waals surface area contributed by atoms with E-state index in [1.165, 1.54) is 23.1 Å². The van der Waals surface area contributed by atoms with Gasteiger partial charge in [0.2, 0.25) is 5.78 Å². The molecule has 1 aromatic carbocycles. The topological polar surface area (TPSA) is 82.2 Å². The van der Waals surface area contributed by atoms with Gasteiger partial charge in [-0.25, -0.2) is 9.37 Å². The number of aryl methyl sites for hydroxylation is 1. The van der Waals surface area contributed by atoms with Gasteiger partial charge in [0.25, 0.3) is 5.91 Å². The summed E-state index contributed by atoms with van der Waals surface area (Å²) >= 11 is 0. The van der Waals surface area contributed by atoms with Crippen molar-refractivity contribution < 1.29 is 24.0 Å². The van der Waals surface area contributed by atoms with Gasteiger partial charge in [-0.3, -0.25) is 9.59 Å². The van der Waals surface area contributed by atoms with Crippen molar-refractivity contribution >= 4 is 23.1 Å². The van der Waals surface area contributed by atoms with Crippen LogP contribution in [0, 0.1) is 12.7 Å². The number of fused-ring (bicyclic) bond motifs is 1. The molecule has 1 N–H and O–H groups in total. The predicted molar refractivity (Wildman–Crippen MR) is 110 cm³/mol. The number of hydrogen-bond donors (Lipinski definition) is 1. The van der Waals surface area contributed by atoms with Gasteiger partial charge in [-0.15, -0.1) is 0 Å². The monoisotopic (exact) mass is 422 g/mol. The third-order valence-electron chi connectivity index (χ3n) is 5.47. The lowest BCUT2D eigenvalue weighted by atomic mass is 9.96. The van der Waals surface area contributed by atoms with Gasteiger partial charge in [0, 0.05) is 11.8 Å². The molecule has 0 bridgehead atoms. The summed E-state index contributed by atoms with van der Waals surface area (Å²) < 4.78 is 15.6. The second kappa shape index (κ2) is 7.96. The van der Waals surface area contributed by atoms with E-state index in [1.807, 2.05) is 14.1 Å². The maximum atomic E-state index is 14.0. The Morgan fingerprint density at radius 3 is 2.68 bits per heavy atom. The lowest BCUT2D eigenvalue weighted by Gasteiger charge is -2.27. The zero-order chi connectivity index (χ0) is 22.3. The second-order valence-electron chi connectivity index (χ2n) is 7.96. The van der Waals surface area contributed by atoms with Crippen LogP contribution in [0.2, 0.25) is 0 Å². The van der Waals surface area contributed by atoms with E-state index in [4.69, 9.17) is 0 Å². The number of likely N-dealkylation sites (tertiary alicyclic amines) is 1. The first-order valence-corrected chi connectivity index (χ1v) is 10.0. The number of Topliss-reactive ketones (excluding diaryl/α,β-unsaturated/α-hetero) is 1. The van der Waals surface area contributed by atoms with Crippen molar-refractivity contribution in [2.45, 2.75) is 13.0 Å². The number of hydrogen-bond acceptors (Lipinski definition) is 4. The number of aromatic nitrogens is 2. The predicted octanol–water partition coefficient (Wildman–Crippen LogP) is 0.150. The molecule has 4 rings (SSSR count). The zero-order valence-electron chi connectivity index (χ0n) is 17.6. The fraction of sp³-hybridized carbons (Fsp3) is 0.261. The third kappa shape index (κ3) is 3.59. The van der Waals surface area contributed by atoms with Gasteiger partial charge in [0.05, 0.1) is 44.6 Å². The van der Waals surface area contributed by atoms with Gasteiger partial charge >= 0.3 is 0 Å². The summed E-state index contributed by atoms with van der Waals surface area (Å²) in [7, 11) is 3.86. The third-order valence-corrected chi connectivity index (χ3v) is 5.47. The highest BCUT2D eigenvalue weighted by Gasteiger charge is 2.44. The number of nitrogens with zero attached hydrogens (tertiary/aromatic N) is 3. The van der Waals surface area contributed by atoms with Crippen LogP contribution in [0.3, 0.4) is 0 Å².